The molecule has 3 rings (SSSR count). The molecule has 0 aliphatic heterocycles. The summed E-state index contributed by atoms with van der Waals surface area (Å²) in [6, 6.07) is 18.2. The number of hydrogen-bond acceptors (Lipinski definition) is 3. The molecule has 0 aliphatic rings. The minimum Gasteiger partial charge on any atom is -0.489 e. The third-order valence-electron chi connectivity index (χ3n) is 5.18. The van der Waals surface area contributed by atoms with E-state index in [1.165, 1.54) is 16.3 Å². The number of ether oxygens (including phenoxy) is 1. The Balaban J connectivity index is 1.75. The Morgan fingerprint density at radius 1 is 0.931 bits per heavy atom. The van der Waals surface area contributed by atoms with Gasteiger partial charge in [-0.25, -0.2) is 0 Å². The molecule has 0 amide bonds. The fourth-order valence-corrected chi connectivity index (χ4v) is 3.74. The highest BCUT2D eigenvalue weighted by Crippen LogP contribution is 2.29. The van der Waals surface area contributed by atoms with Crippen molar-refractivity contribution in [3.8, 4) is 5.75 Å². The molecule has 0 bridgehead atoms. The molecule has 0 spiro atoms. The van der Waals surface area contributed by atoms with E-state index in [0.717, 1.165) is 44.0 Å². The molecule has 0 aliphatic carbocycles. The van der Waals surface area contributed by atoms with Gasteiger partial charge in [-0.3, -0.25) is 0 Å². The molecule has 0 radical (unpaired) electrons. The van der Waals surface area contributed by atoms with Gasteiger partial charge >= 0.3 is 0 Å². The number of hydrogen-bond donors (Lipinski definition) is 1. The van der Waals surface area contributed by atoms with Crippen molar-refractivity contribution in [2.75, 3.05) is 26.2 Å². The van der Waals surface area contributed by atoms with Gasteiger partial charge in [0.2, 0.25) is 0 Å². The summed E-state index contributed by atoms with van der Waals surface area (Å²) in [6.45, 7) is 9.73. The molecule has 0 heterocycles. The fourth-order valence-electron chi connectivity index (χ4n) is 3.41. The van der Waals surface area contributed by atoms with Crippen LogP contribution < -0.4 is 10.1 Å². The van der Waals surface area contributed by atoms with Crippen LogP contribution in [0.4, 0.5) is 0 Å². The standard InChI is InChI=1S/C24H28Cl2N2O/c1-3-28(4-2)14-13-27-16-21-20-8-6-5-7-19(20)10-12-24(21)29-17-18-9-11-22(25)23(26)15-18/h5-12,15,27H,3-4,13-14,16-17H2,1-2H3. The van der Waals surface area contributed by atoms with Crippen molar-refractivity contribution in [2.24, 2.45) is 0 Å². The molecule has 154 valence electrons. The molecule has 3 nitrogen and oxygen atoms in total. The minimum absolute atomic E-state index is 0.446. The highest BCUT2D eigenvalue weighted by atomic mass is 35.5. The SMILES string of the molecule is CCN(CC)CCNCc1c(OCc2ccc(Cl)c(Cl)c2)ccc2ccccc12. The van der Waals surface area contributed by atoms with Gasteiger partial charge in [-0.1, -0.05) is 73.4 Å². The van der Waals surface area contributed by atoms with Crippen LogP contribution in [0, 0.1) is 0 Å². The lowest BCUT2D eigenvalue weighted by molar-refractivity contribution is 0.296. The molecule has 0 saturated heterocycles. The second-order valence-corrected chi connectivity index (χ2v) is 7.82. The second kappa shape index (κ2) is 10.8. The van der Waals surface area contributed by atoms with Gasteiger partial charge < -0.3 is 15.0 Å². The number of nitrogens with zero attached hydrogens (tertiary/aromatic N) is 1. The normalized spacial score (nSPS) is 11.3. The predicted molar refractivity (Wildman–Crippen MR) is 124 cm³/mol. The fraction of sp³-hybridized carbons (Fsp3) is 0.333. The maximum atomic E-state index is 6.19. The first kappa shape index (κ1) is 21.9. The average Bonchev–Trinajstić information content (AvgIpc) is 2.75. The van der Waals surface area contributed by atoms with E-state index in [9.17, 15) is 0 Å². The Kier molecular flexibility index (Phi) is 8.19. The Morgan fingerprint density at radius 3 is 2.48 bits per heavy atom. The summed E-state index contributed by atoms with van der Waals surface area (Å²) < 4.78 is 6.19. The monoisotopic (exact) mass is 430 g/mol. The molecule has 0 aromatic heterocycles. The molecule has 0 saturated carbocycles. The predicted octanol–water partition coefficient (Wildman–Crippen LogP) is 6.16. The van der Waals surface area contributed by atoms with Crippen molar-refractivity contribution in [3.05, 3.63) is 75.8 Å². The van der Waals surface area contributed by atoms with Gasteiger partial charge in [0.15, 0.2) is 0 Å². The highest BCUT2D eigenvalue weighted by Gasteiger charge is 2.10. The first-order valence-corrected chi connectivity index (χ1v) is 10.9. The van der Waals surface area contributed by atoms with Crippen molar-refractivity contribution < 1.29 is 4.74 Å². The Morgan fingerprint density at radius 2 is 1.72 bits per heavy atom. The van der Waals surface area contributed by atoms with Gasteiger partial charge in [-0.15, -0.1) is 0 Å². The van der Waals surface area contributed by atoms with E-state index in [2.05, 4.69) is 60.5 Å². The Hall–Kier alpha value is -1.78. The molecule has 3 aromatic carbocycles. The van der Waals surface area contributed by atoms with Gasteiger partial charge in [0.05, 0.1) is 10.0 Å². The maximum absolute atomic E-state index is 6.19. The van der Waals surface area contributed by atoms with E-state index in [0.29, 0.717) is 16.7 Å². The molecule has 0 unspecified atom stereocenters. The van der Waals surface area contributed by atoms with Gasteiger partial charge in [-0.2, -0.15) is 0 Å². The topological polar surface area (TPSA) is 24.5 Å². The van der Waals surface area contributed by atoms with Crippen LogP contribution in [-0.2, 0) is 13.2 Å². The van der Waals surface area contributed by atoms with Crippen molar-refractivity contribution in [2.45, 2.75) is 27.0 Å². The van der Waals surface area contributed by atoms with E-state index in [1.54, 1.807) is 6.07 Å². The number of likely N-dealkylation sites (N-methyl/N-ethyl adjacent to an activating group) is 1. The summed E-state index contributed by atoms with van der Waals surface area (Å²) >= 11 is 12.2. The summed E-state index contributed by atoms with van der Waals surface area (Å²) in [5.41, 5.74) is 2.18. The summed E-state index contributed by atoms with van der Waals surface area (Å²) in [5.74, 6) is 0.894. The molecule has 3 aromatic rings. The lowest BCUT2D eigenvalue weighted by Gasteiger charge is -2.19. The Bertz CT molecular complexity index is 941. The zero-order valence-corrected chi connectivity index (χ0v) is 18.6. The zero-order valence-electron chi connectivity index (χ0n) is 17.1. The Labute approximate surface area is 183 Å². The lowest BCUT2D eigenvalue weighted by atomic mass is 10.0. The average molecular weight is 431 g/mol. The zero-order chi connectivity index (χ0) is 20.6. The molecular weight excluding hydrogens is 403 g/mol. The summed E-state index contributed by atoms with van der Waals surface area (Å²) in [7, 11) is 0. The third kappa shape index (κ3) is 5.86. The number of fused-ring (bicyclic) bond motifs is 1. The van der Waals surface area contributed by atoms with Crippen LogP contribution >= 0.6 is 23.2 Å². The summed E-state index contributed by atoms with van der Waals surface area (Å²) in [5, 5.41) is 7.12. The molecule has 0 atom stereocenters. The van der Waals surface area contributed by atoms with Crippen LogP contribution in [0.5, 0.6) is 5.75 Å². The van der Waals surface area contributed by atoms with Crippen LogP contribution in [0.1, 0.15) is 25.0 Å². The highest BCUT2D eigenvalue weighted by molar-refractivity contribution is 6.42. The van der Waals surface area contributed by atoms with Crippen LogP contribution in [0.3, 0.4) is 0 Å². The number of benzene rings is 3. The first-order chi connectivity index (χ1) is 14.1. The van der Waals surface area contributed by atoms with Gasteiger partial charge in [-0.05, 0) is 47.6 Å². The van der Waals surface area contributed by atoms with E-state index in [4.69, 9.17) is 27.9 Å². The van der Waals surface area contributed by atoms with E-state index < -0.39 is 0 Å². The van der Waals surface area contributed by atoms with Crippen LogP contribution in [0.2, 0.25) is 10.0 Å². The number of rotatable bonds is 10. The van der Waals surface area contributed by atoms with Gasteiger partial charge in [0.25, 0.3) is 0 Å². The van der Waals surface area contributed by atoms with Gasteiger partial charge in [0.1, 0.15) is 12.4 Å². The van der Waals surface area contributed by atoms with Crippen molar-refractivity contribution in [3.63, 3.8) is 0 Å². The quantitative estimate of drug-likeness (QED) is 0.389. The van der Waals surface area contributed by atoms with Crippen LogP contribution in [-0.4, -0.2) is 31.1 Å². The van der Waals surface area contributed by atoms with Crippen molar-refractivity contribution in [1.82, 2.24) is 10.2 Å². The van der Waals surface area contributed by atoms with E-state index in [-0.39, 0.29) is 0 Å². The lowest BCUT2D eigenvalue weighted by Crippen LogP contribution is -2.31. The molecule has 5 heteroatoms. The minimum atomic E-state index is 0.446. The van der Waals surface area contributed by atoms with E-state index >= 15 is 0 Å². The number of halogens is 2. The second-order valence-electron chi connectivity index (χ2n) is 7.00. The van der Waals surface area contributed by atoms with Gasteiger partial charge in [0, 0.05) is 25.2 Å². The maximum Gasteiger partial charge on any atom is 0.124 e. The smallest absolute Gasteiger partial charge is 0.124 e. The molecule has 0 fully saturated rings. The van der Waals surface area contributed by atoms with E-state index in [1.807, 2.05) is 12.1 Å². The number of nitrogens with one attached hydrogen (secondary N) is 1. The van der Waals surface area contributed by atoms with Crippen LogP contribution in [0.25, 0.3) is 10.8 Å². The summed E-state index contributed by atoms with van der Waals surface area (Å²) in [4.78, 5) is 2.41. The molecule has 29 heavy (non-hydrogen) atoms. The van der Waals surface area contributed by atoms with Crippen molar-refractivity contribution in [1.29, 1.82) is 0 Å². The van der Waals surface area contributed by atoms with Crippen LogP contribution in [0.15, 0.2) is 54.6 Å². The third-order valence-corrected chi connectivity index (χ3v) is 5.92. The summed E-state index contributed by atoms with van der Waals surface area (Å²) in [6.07, 6.45) is 0. The van der Waals surface area contributed by atoms with Crippen molar-refractivity contribution >= 4 is 34.0 Å². The first-order valence-electron chi connectivity index (χ1n) is 10.1. The largest absolute Gasteiger partial charge is 0.489 e. The molecule has 1 N–H and O–H groups in total. The molecular formula is C24H28Cl2N2O.